The predicted molar refractivity (Wildman–Crippen MR) is 138 cm³/mol. The molecule has 10 nitrogen and oxygen atoms in total. The number of aromatic nitrogens is 7. The van der Waals surface area contributed by atoms with Crippen LogP contribution in [-0.4, -0.2) is 72.1 Å². The summed E-state index contributed by atoms with van der Waals surface area (Å²) in [5.41, 5.74) is 2.03. The monoisotopic (exact) mass is 521 g/mol. The van der Waals surface area contributed by atoms with Gasteiger partial charge in [-0.2, -0.15) is 10.1 Å². The van der Waals surface area contributed by atoms with Crippen molar-refractivity contribution in [2.45, 2.75) is 42.7 Å². The van der Waals surface area contributed by atoms with Crippen LogP contribution in [0.2, 0.25) is 0 Å². The van der Waals surface area contributed by atoms with Crippen LogP contribution < -0.4 is 9.80 Å². The molecule has 3 aromatic heterocycles. The summed E-state index contributed by atoms with van der Waals surface area (Å²) < 4.78 is 14.9. The molecule has 1 aromatic carbocycles. The molecule has 0 saturated carbocycles. The third kappa shape index (κ3) is 6.20. The Hall–Kier alpha value is -3.64. The van der Waals surface area contributed by atoms with E-state index >= 15 is 0 Å². The Balaban J connectivity index is 1.17. The first kappa shape index (κ1) is 25.0. The number of halogens is 1. The Bertz CT molecular complexity index is 1320. The number of rotatable bonds is 8. The van der Waals surface area contributed by atoms with Gasteiger partial charge in [-0.05, 0) is 38.1 Å². The summed E-state index contributed by atoms with van der Waals surface area (Å²) in [5, 5.41) is 14.0. The van der Waals surface area contributed by atoms with E-state index in [1.165, 1.54) is 23.9 Å². The highest BCUT2D eigenvalue weighted by atomic mass is 32.2. The molecule has 1 aliphatic heterocycles. The SMILES string of the molecule is Cc1c(Cc2ncnc(N3CCN(c4ncc(Sc5ccc(F)cc5)cn4)CC3)n2)cnn1C[C@H](C)O. The molecule has 1 atom stereocenters. The molecule has 192 valence electrons. The lowest BCUT2D eigenvalue weighted by Gasteiger charge is -2.34. The number of benzene rings is 1. The van der Waals surface area contributed by atoms with Gasteiger partial charge >= 0.3 is 0 Å². The first-order valence-electron chi connectivity index (χ1n) is 12.1. The molecular formula is C25H28FN9OS. The molecule has 0 spiro atoms. The van der Waals surface area contributed by atoms with Crippen LogP contribution in [0.4, 0.5) is 16.3 Å². The normalized spacial score (nSPS) is 14.7. The quantitative estimate of drug-likeness (QED) is 0.372. The van der Waals surface area contributed by atoms with Crippen molar-refractivity contribution in [1.82, 2.24) is 34.7 Å². The second-order valence-corrected chi connectivity index (χ2v) is 10.1. The van der Waals surface area contributed by atoms with E-state index in [0.717, 1.165) is 47.2 Å². The molecule has 1 aliphatic rings. The van der Waals surface area contributed by atoms with Crippen LogP contribution in [0.25, 0.3) is 0 Å². The standard InChI is InChI=1S/C25H28FN9OS/c1-17(36)15-35-18(2)19(12-31-35)11-23-29-16-30-25(32-23)34-9-7-33(8-10-34)24-27-13-22(14-28-24)37-21-5-3-20(26)4-6-21/h3-6,12-14,16-17,36H,7-11,15H2,1-2H3/t17-/m0/s1. The minimum Gasteiger partial charge on any atom is -0.391 e. The molecule has 4 aromatic rings. The van der Waals surface area contributed by atoms with Crippen LogP contribution in [0.3, 0.4) is 0 Å². The number of hydrogen-bond acceptors (Lipinski definition) is 10. The first-order valence-corrected chi connectivity index (χ1v) is 12.9. The molecule has 0 aliphatic carbocycles. The fourth-order valence-electron chi connectivity index (χ4n) is 4.09. The summed E-state index contributed by atoms with van der Waals surface area (Å²) in [6.07, 6.45) is 7.05. The fourth-order valence-corrected chi connectivity index (χ4v) is 4.85. The second kappa shape index (κ2) is 11.2. The lowest BCUT2D eigenvalue weighted by molar-refractivity contribution is 0.167. The smallest absolute Gasteiger partial charge is 0.228 e. The van der Waals surface area contributed by atoms with Crippen molar-refractivity contribution < 1.29 is 9.50 Å². The lowest BCUT2D eigenvalue weighted by atomic mass is 10.2. The van der Waals surface area contributed by atoms with E-state index in [1.807, 2.05) is 13.1 Å². The Kier molecular flexibility index (Phi) is 7.56. The van der Waals surface area contributed by atoms with Crippen molar-refractivity contribution in [3.8, 4) is 0 Å². The minimum absolute atomic E-state index is 0.250. The molecule has 12 heteroatoms. The highest BCUT2D eigenvalue weighted by Crippen LogP contribution is 2.27. The number of aliphatic hydroxyl groups excluding tert-OH is 1. The molecule has 1 N–H and O–H groups in total. The van der Waals surface area contributed by atoms with E-state index in [1.54, 1.807) is 42.5 Å². The Morgan fingerprint density at radius 1 is 0.919 bits per heavy atom. The minimum atomic E-state index is -0.461. The van der Waals surface area contributed by atoms with Crippen molar-refractivity contribution in [2.24, 2.45) is 0 Å². The van der Waals surface area contributed by atoms with E-state index < -0.39 is 6.10 Å². The summed E-state index contributed by atoms with van der Waals surface area (Å²) >= 11 is 1.50. The highest BCUT2D eigenvalue weighted by molar-refractivity contribution is 7.99. The summed E-state index contributed by atoms with van der Waals surface area (Å²) in [6.45, 7) is 7.16. The third-order valence-electron chi connectivity index (χ3n) is 6.11. The van der Waals surface area contributed by atoms with E-state index in [9.17, 15) is 9.50 Å². The second-order valence-electron chi connectivity index (χ2n) is 8.91. The maximum atomic E-state index is 13.1. The molecule has 0 bridgehead atoms. The molecule has 4 heterocycles. The molecule has 1 fully saturated rings. The Morgan fingerprint density at radius 2 is 1.59 bits per heavy atom. The third-order valence-corrected chi connectivity index (χ3v) is 7.06. The van der Waals surface area contributed by atoms with Crippen LogP contribution in [0.1, 0.15) is 24.0 Å². The van der Waals surface area contributed by atoms with Gasteiger partial charge in [0.15, 0.2) is 0 Å². The maximum absolute atomic E-state index is 13.1. The average molecular weight is 522 g/mol. The Labute approximate surface area is 218 Å². The molecule has 1 saturated heterocycles. The fraction of sp³-hybridized carbons (Fsp3) is 0.360. The zero-order valence-corrected chi connectivity index (χ0v) is 21.5. The van der Waals surface area contributed by atoms with Gasteiger partial charge in [0.25, 0.3) is 0 Å². The molecule has 0 unspecified atom stereocenters. The summed E-state index contributed by atoms with van der Waals surface area (Å²) in [7, 11) is 0. The van der Waals surface area contributed by atoms with E-state index in [2.05, 4.69) is 34.8 Å². The molecule has 0 amide bonds. The largest absolute Gasteiger partial charge is 0.391 e. The topological polar surface area (TPSA) is 109 Å². The zero-order valence-electron chi connectivity index (χ0n) is 20.7. The van der Waals surface area contributed by atoms with Gasteiger partial charge in [0, 0.05) is 66.0 Å². The first-order chi connectivity index (χ1) is 17.9. The molecule has 5 rings (SSSR count). The lowest BCUT2D eigenvalue weighted by Crippen LogP contribution is -2.47. The van der Waals surface area contributed by atoms with Crippen LogP contribution in [0.5, 0.6) is 0 Å². The van der Waals surface area contributed by atoms with E-state index in [-0.39, 0.29) is 5.82 Å². The van der Waals surface area contributed by atoms with Crippen LogP contribution in [0, 0.1) is 12.7 Å². The molecule has 0 radical (unpaired) electrons. The van der Waals surface area contributed by atoms with Crippen LogP contribution in [-0.2, 0) is 13.0 Å². The van der Waals surface area contributed by atoms with Gasteiger partial charge in [-0.1, -0.05) is 11.8 Å². The summed E-state index contributed by atoms with van der Waals surface area (Å²) in [4.78, 5) is 28.7. The number of piperazine rings is 1. The molecular weight excluding hydrogens is 493 g/mol. The predicted octanol–water partition coefficient (Wildman–Crippen LogP) is 2.76. The zero-order chi connectivity index (χ0) is 25.8. The van der Waals surface area contributed by atoms with Gasteiger partial charge in [0.1, 0.15) is 18.0 Å². The number of aliphatic hydroxyl groups is 1. The van der Waals surface area contributed by atoms with Crippen LogP contribution in [0.15, 0.2) is 59.0 Å². The van der Waals surface area contributed by atoms with Crippen molar-refractivity contribution in [3.63, 3.8) is 0 Å². The van der Waals surface area contributed by atoms with Crippen molar-refractivity contribution in [3.05, 3.63) is 72.1 Å². The van der Waals surface area contributed by atoms with Crippen molar-refractivity contribution in [2.75, 3.05) is 36.0 Å². The highest BCUT2D eigenvalue weighted by Gasteiger charge is 2.21. The average Bonchev–Trinajstić information content (AvgIpc) is 3.24. The maximum Gasteiger partial charge on any atom is 0.228 e. The van der Waals surface area contributed by atoms with Crippen LogP contribution >= 0.6 is 11.8 Å². The number of hydrogen-bond donors (Lipinski definition) is 1. The summed E-state index contributed by atoms with van der Waals surface area (Å²) in [5.74, 6) is 1.78. The summed E-state index contributed by atoms with van der Waals surface area (Å²) in [6, 6.07) is 6.37. The van der Waals surface area contributed by atoms with E-state index in [0.29, 0.717) is 30.7 Å². The molecule has 37 heavy (non-hydrogen) atoms. The van der Waals surface area contributed by atoms with Gasteiger partial charge in [-0.25, -0.2) is 24.3 Å². The van der Waals surface area contributed by atoms with Gasteiger partial charge in [-0.3, -0.25) is 4.68 Å². The Morgan fingerprint density at radius 3 is 2.27 bits per heavy atom. The van der Waals surface area contributed by atoms with Crippen molar-refractivity contribution in [1.29, 1.82) is 0 Å². The van der Waals surface area contributed by atoms with Crippen molar-refractivity contribution >= 4 is 23.7 Å². The van der Waals surface area contributed by atoms with Gasteiger partial charge in [0.2, 0.25) is 11.9 Å². The number of nitrogens with zero attached hydrogens (tertiary/aromatic N) is 9. The van der Waals surface area contributed by atoms with Gasteiger partial charge in [0.05, 0.1) is 18.8 Å². The van der Waals surface area contributed by atoms with Gasteiger partial charge in [-0.15, -0.1) is 0 Å². The van der Waals surface area contributed by atoms with E-state index in [4.69, 9.17) is 4.98 Å². The van der Waals surface area contributed by atoms with Gasteiger partial charge < -0.3 is 14.9 Å². The number of anilines is 2.